The Hall–Kier alpha value is -0.460. The Morgan fingerprint density at radius 2 is 0.886 bits per heavy atom. The molecule has 0 aromatic rings. The molecule has 0 aliphatic rings. The van der Waals surface area contributed by atoms with Gasteiger partial charge in [0.05, 0.1) is 18.4 Å². The zero-order chi connectivity index (χ0) is 32.7. The van der Waals surface area contributed by atoms with Gasteiger partial charge in [-0.05, 0) is 12.8 Å². The molecule has 264 valence electrons. The van der Waals surface area contributed by atoms with Crippen LogP contribution in [0.2, 0.25) is 0 Å². The minimum Gasteiger partial charge on any atom is -0.390 e. The number of carbonyl (C=O) groups is 1. The van der Waals surface area contributed by atoms with Crippen molar-refractivity contribution in [3.63, 3.8) is 0 Å². The first-order valence-electron chi connectivity index (χ1n) is 18.9. The van der Waals surface area contributed by atoms with Gasteiger partial charge in [0.25, 0.3) is 0 Å². The van der Waals surface area contributed by atoms with Gasteiger partial charge in [0, 0.05) is 19.5 Å². The van der Waals surface area contributed by atoms with Crippen LogP contribution in [0, 0.1) is 0 Å². The van der Waals surface area contributed by atoms with Gasteiger partial charge in [-0.2, -0.15) is 0 Å². The maximum Gasteiger partial charge on any atom is 0.327 e. The Balaban J connectivity index is 4.10. The van der Waals surface area contributed by atoms with Crippen molar-refractivity contribution in [2.75, 3.05) is 19.3 Å². The standard InChI is InChI=1S/C36H74NO6P/c1-3-5-7-9-11-13-15-17-19-21-23-25-27-29-34(38)35(39)33-37(31-32-44(41,42)43)36(40)30-28-26-24-22-20-18-16-14-12-10-8-6-4-2/h34-35,38-39H,3-33H2,1-2H3,(H2,41,42,43). The van der Waals surface area contributed by atoms with Crippen LogP contribution in [0.3, 0.4) is 0 Å². The van der Waals surface area contributed by atoms with E-state index >= 15 is 0 Å². The predicted octanol–water partition coefficient (Wildman–Crippen LogP) is 9.68. The summed E-state index contributed by atoms with van der Waals surface area (Å²) in [6.07, 6.45) is 30.3. The highest BCUT2D eigenvalue weighted by molar-refractivity contribution is 7.51. The number of unbranched alkanes of at least 4 members (excludes halogenated alkanes) is 24. The second-order valence-corrected chi connectivity index (χ2v) is 15.2. The van der Waals surface area contributed by atoms with Crippen molar-refractivity contribution >= 4 is 13.5 Å². The van der Waals surface area contributed by atoms with Gasteiger partial charge in [0.2, 0.25) is 5.91 Å². The fraction of sp³-hybridized carbons (Fsp3) is 0.972. The van der Waals surface area contributed by atoms with Gasteiger partial charge in [0.15, 0.2) is 0 Å². The second-order valence-electron chi connectivity index (χ2n) is 13.4. The first-order chi connectivity index (χ1) is 21.2. The van der Waals surface area contributed by atoms with E-state index in [1.807, 2.05) is 0 Å². The van der Waals surface area contributed by atoms with E-state index in [-0.39, 0.29) is 19.0 Å². The predicted molar refractivity (Wildman–Crippen MR) is 186 cm³/mol. The van der Waals surface area contributed by atoms with Crippen LogP contribution < -0.4 is 0 Å². The highest BCUT2D eigenvalue weighted by atomic mass is 31.2. The zero-order valence-electron chi connectivity index (χ0n) is 29.1. The molecule has 0 spiro atoms. The van der Waals surface area contributed by atoms with Crippen molar-refractivity contribution in [3.8, 4) is 0 Å². The lowest BCUT2D eigenvalue weighted by Gasteiger charge is -2.28. The van der Waals surface area contributed by atoms with E-state index in [1.54, 1.807) is 0 Å². The number of aliphatic hydroxyl groups is 2. The summed E-state index contributed by atoms with van der Waals surface area (Å²) in [6.45, 7) is 4.30. The van der Waals surface area contributed by atoms with Crippen molar-refractivity contribution in [2.45, 2.75) is 206 Å². The molecular formula is C36H74NO6P. The molecule has 0 fully saturated rings. The van der Waals surface area contributed by atoms with E-state index in [4.69, 9.17) is 0 Å². The number of hydrogen-bond donors (Lipinski definition) is 4. The van der Waals surface area contributed by atoms with Crippen LogP contribution in [-0.2, 0) is 9.36 Å². The molecule has 0 saturated carbocycles. The zero-order valence-corrected chi connectivity index (χ0v) is 30.0. The second kappa shape index (κ2) is 31.2. The molecule has 0 radical (unpaired) electrons. The summed E-state index contributed by atoms with van der Waals surface area (Å²) in [6, 6.07) is 0. The molecular weight excluding hydrogens is 573 g/mol. The molecule has 0 aliphatic heterocycles. The number of rotatable bonds is 34. The Morgan fingerprint density at radius 3 is 1.25 bits per heavy atom. The number of nitrogens with zero attached hydrogens (tertiary/aromatic N) is 1. The van der Waals surface area contributed by atoms with Crippen LogP contribution in [0.4, 0.5) is 0 Å². The number of aliphatic hydroxyl groups excluding tert-OH is 2. The fourth-order valence-electron chi connectivity index (χ4n) is 5.93. The van der Waals surface area contributed by atoms with Crippen molar-refractivity contribution < 1.29 is 29.4 Å². The summed E-state index contributed by atoms with van der Waals surface area (Å²) in [5.41, 5.74) is 0. The lowest BCUT2D eigenvalue weighted by molar-refractivity contribution is -0.133. The van der Waals surface area contributed by atoms with E-state index in [2.05, 4.69) is 13.8 Å². The van der Waals surface area contributed by atoms with Crippen molar-refractivity contribution in [1.82, 2.24) is 4.90 Å². The topological polar surface area (TPSA) is 118 Å². The van der Waals surface area contributed by atoms with E-state index in [0.717, 1.165) is 38.5 Å². The van der Waals surface area contributed by atoms with Crippen LogP contribution >= 0.6 is 7.60 Å². The molecule has 0 aromatic carbocycles. The van der Waals surface area contributed by atoms with E-state index in [1.165, 1.54) is 133 Å². The van der Waals surface area contributed by atoms with Gasteiger partial charge in [-0.25, -0.2) is 0 Å². The fourth-order valence-corrected chi connectivity index (χ4v) is 6.43. The minimum atomic E-state index is -4.27. The normalized spacial score (nSPS) is 13.3. The van der Waals surface area contributed by atoms with Crippen LogP contribution in [0.15, 0.2) is 0 Å². The van der Waals surface area contributed by atoms with Gasteiger partial charge in [-0.1, -0.05) is 174 Å². The number of carbonyl (C=O) groups excluding carboxylic acids is 1. The molecule has 0 heterocycles. The molecule has 0 saturated heterocycles. The van der Waals surface area contributed by atoms with Crippen LogP contribution in [0.25, 0.3) is 0 Å². The molecule has 0 rings (SSSR count). The van der Waals surface area contributed by atoms with Gasteiger partial charge in [-0.15, -0.1) is 0 Å². The largest absolute Gasteiger partial charge is 0.390 e. The molecule has 2 atom stereocenters. The SMILES string of the molecule is CCCCCCCCCCCCCCCC(=O)N(CCP(=O)(O)O)CC(O)C(O)CCCCCCCCCCCCCCC. The first kappa shape index (κ1) is 43.5. The summed E-state index contributed by atoms with van der Waals surface area (Å²) in [7, 11) is -4.27. The summed E-state index contributed by atoms with van der Waals surface area (Å²) < 4.78 is 11.5. The average Bonchev–Trinajstić information content (AvgIpc) is 2.99. The third-order valence-electron chi connectivity index (χ3n) is 8.96. The molecule has 4 N–H and O–H groups in total. The highest BCUT2D eigenvalue weighted by Gasteiger charge is 2.25. The molecule has 44 heavy (non-hydrogen) atoms. The minimum absolute atomic E-state index is 0.0864. The molecule has 1 amide bonds. The molecule has 2 unspecified atom stereocenters. The summed E-state index contributed by atoms with van der Waals surface area (Å²) in [4.78, 5) is 32.9. The van der Waals surface area contributed by atoms with Gasteiger partial charge >= 0.3 is 7.60 Å². The Labute approximate surface area is 272 Å². The molecule has 8 heteroatoms. The van der Waals surface area contributed by atoms with Crippen LogP contribution in [-0.4, -0.2) is 62.3 Å². The highest BCUT2D eigenvalue weighted by Crippen LogP contribution is 2.33. The van der Waals surface area contributed by atoms with Gasteiger partial charge in [-0.3, -0.25) is 9.36 Å². The lowest BCUT2D eigenvalue weighted by Crippen LogP contribution is -2.43. The third kappa shape index (κ3) is 30.2. The quantitative estimate of drug-likeness (QED) is 0.0408. The molecule has 7 nitrogen and oxygen atoms in total. The van der Waals surface area contributed by atoms with Crippen molar-refractivity contribution in [2.24, 2.45) is 0 Å². The Morgan fingerprint density at radius 1 is 0.545 bits per heavy atom. The summed E-state index contributed by atoms with van der Waals surface area (Å²) in [5.74, 6) is -0.200. The summed E-state index contributed by atoms with van der Waals surface area (Å²) >= 11 is 0. The molecule has 0 aliphatic carbocycles. The average molecular weight is 648 g/mol. The van der Waals surface area contributed by atoms with Crippen molar-refractivity contribution in [3.05, 3.63) is 0 Å². The smallest absolute Gasteiger partial charge is 0.327 e. The van der Waals surface area contributed by atoms with E-state index in [0.29, 0.717) is 12.8 Å². The maximum atomic E-state index is 12.9. The molecule has 0 bridgehead atoms. The number of amides is 1. The van der Waals surface area contributed by atoms with E-state index < -0.39 is 26.0 Å². The van der Waals surface area contributed by atoms with Crippen LogP contribution in [0.5, 0.6) is 0 Å². The molecule has 0 aromatic heterocycles. The Kier molecular flexibility index (Phi) is 30.8. The monoisotopic (exact) mass is 648 g/mol. The number of hydrogen-bond acceptors (Lipinski definition) is 4. The summed E-state index contributed by atoms with van der Waals surface area (Å²) in [5, 5.41) is 21.1. The van der Waals surface area contributed by atoms with Gasteiger partial charge < -0.3 is 24.9 Å². The first-order valence-corrected chi connectivity index (χ1v) is 20.7. The van der Waals surface area contributed by atoms with Crippen molar-refractivity contribution in [1.29, 1.82) is 0 Å². The van der Waals surface area contributed by atoms with E-state index in [9.17, 15) is 29.4 Å². The lowest BCUT2D eigenvalue weighted by atomic mass is 10.0. The third-order valence-corrected chi connectivity index (χ3v) is 9.75. The maximum absolute atomic E-state index is 12.9. The van der Waals surface area contributed by atoms with Crippen LogP contribution in [0.1, 0.15) is 194 Å². The Bertz CT molecular complexity index is 673. The van der Waals surface area contributed by atoms with Gasteiger partial charge in [0.1, 0.15) is 0 Å².